The number of carbonyl (C=O) groups is 1. The molecule has 106 valence electrons. The van der Waals surface area contributed by atoms with E-state index in [1.807, 2.05) is 36.4 Å². The van der Waals surface area contributed by atoms with Gasteiger partial charge in [-0.2, -0.15) is 0 Å². The molecule has 0 aromatic heterocycles. The summed E-state index contributed by atoms with van der Waals surface area (Å²) < 4.78 is 4.78. The van der Waals surface area contributed by atoms with Crippen molar-refractivity contribution in [2.45, 2.75) is 0 Å². The maximum Gasteiger partial charge on any atom is 0.380 e. The van der Waals surface area contributed by atoms with Gasteiger partial charge in [0.05, 0.1) is 13.4 Å². The smallest absolute Gasteiger partial charge is 0.380 e. The molecule has 0 amide bonds. The highest BCUT2D eigenvalue weighted by Crippen LogP contribution is 2.35. The molecule has 1 atom stereocenters. The molecule has 2 rings (SSSR count). The van der Waals surface area contributed by atoms with Gasteiger partial charge in [-0.05, 0) is 23.5 Å². The molecule has 2 aromatic carbocycles. The fourth-order valence-electron chi connectivity index (χ4n) is 1.89. The molecule has 4 heteroatoms. The van der Waals surface area contributed by atoms with E-state index in [4.69, 9.17) is 4.74 Å². The Bertz CT molecular complexity index is 676. The third kappa shape index (κ3) is 3.39. The maximum absolute atomic E-state index is 12.6. The molecule has 0 saturated carbocycles. The predicted octanol–water partition coefficient (Wildman–Crippen LogP) is 2.13. The lowest BCUT2D eigenvalue weighted by Gasteiger charge is -2.13. The van der Waals surface area contributed by atoms with Crippen molar-refractivity contribution in [1.29, 1.82) is 0 Å². The molecule has 21 heavy (non-hydrogen) atoms. The molecule has 0 aliphatic rings. The zero-order valence-electron chi connectivity index (χ0n) is 11.7. The van der Waals surface area contributed by atoms with Crippen LogP contribution in [0.15, 0.2) is 66.0 Å². The first-order chi connectivity index (χ1) is 10.1. The zero-order valence-corrected chi connectivity index (χ0v) is 12.5. The topological polar surface area (TPSA) is 49.4 Å². The fraction of sp³-hybridized carbons (Fsp3) is 0.0588. The van der Waals surface area contributed by atoms with Gasteiger partial charge in [-0.1, -0.05) is 48.5 Å². The van der Waals surface area contributed by atoms with Crippen LogP contribution in [0.4, 0.5) is 0 Å². The summed E-state index contributed by atoms with van der Waals surface area (Å²) in [5, 5.41) is 13.6. The van der Waals surface area contributed by atoms with Crippen LogP contribution < -0.4 is 10.4 Å². The van der Waals surface area contributed by atoms with E-state index in [-0.39, 0.29) is 11.1 Å². The van der Waals surface area contributed by atoms with E-state index in [0.717, 1.165) is 5.30 Å². The highest BCUT2D eigenvalue weighted by atomic mass is 31.1. The quantitative estimate of drug-likeness (QED) is 0.376. The number of hydrogen-bond acceptors (Lipinski definition) is 3. The maximum atomic E-state index is 12.6. The average molecular weight is 298 g/mol. The highest BCUT2D eigenvalue weighted by Gasteiger charge is 2.27. The largest absolute Gasteiger partial charge is 0.869 e. The molecule has 1 unspecified atom stereocenters. The van der Waals surface area contributed by atoms with Crippen LogP contribution in [0.1, 0.15) is 5.56 Å². The lowest BCUT2D eigenvalue weighted by atomic mass is 10.2. The van der Waals surface area contributed by atoms with Gasteiger partial charge < -0.3 is 9.84 Å². The van der Waals surface area contributed by atoms with Crippen molar-refractivity contribution < 1.29 is 14.6 Å². The summed E-state index contributed by atoms with van der Waals surface area (Å²) in [5.74, 6) is -0.943. The minimum Gasteiger partial charge on any atom is -0.869 e. The van der Waals surface area contributed by atoms with Crippen molar-refractivity contribution in [3.05, 3.63) is 71.5 Å². The third-order valence-corrected chi connectivity index (χ3v) is 4.81. The van der Waals surface area contributed by atoms with E-state index in [0.29, 0.717) is 5.56 Å². The SMILES string of the molecule is C=[P+](C(C(=O)OC)=C([O-])c1ccccc1)c1ccccc1. The fourth-order valence-corrected chi connectivity index (χ4v) is 3.36. The number of esters is 1. The Labute approximate surface area is 124 Å². The Balaban J connectivity index is 2.54. The van der Waals surface area contributed by atoms with Crippen LogP contribution in [0.3, 0.4) is 0 Å². The van der Waals surface area contributed by atoms with E-state index in [9.17, 15) is 9.90 Å². The first-order valence-electron chi connectivity index (χ1n) is 6.36. The van der Waals surface area contributed by atoms with Crippen molar-refractivity contribution in [2.24, 2.45) is 0 Å². The lowest BCUT2D eigenvalue weighted by molar-refractivity contribution is -0.244. The standard InChI is InChI=1S/C17H15O3P/c1-20-17(19)16(15(18)13-9-5-3-6-10-13)21(2)14-11-7-4-8-12-14/h3-12H,2H2,1H3. The summed E-state index contributed by atoms with van der Waals surface area (Å²) in [4.78, 5) is 12.0. The van der Waals surface area contributed by atoms with Crippen LogP contribution in [0.25, 0.3) is 5.76 Å². The summed E-state index contributed by atoms with van der Waals surface area (Å²) in [6.45, 7) is 0. The molecule has 3 nitrogen and oxygen atoms in total. The first-order valence-corrected chi connectivity index (χ1v) is 7.88. The molecule has 0 aliphatic carbocycles. The van der Waals surface area contributed by atoms with Crippen LogP contribution in [0.5, 0.6) is 0 Å². The minimum atomic E-state index is -1.30. The predicted molar refractivity (Wildman–Crippen MR) is 85.5 cm³/mol. The second-order valence-corrected chi connectivity index (χ2v) is 6.12. The van der Waals surface area contributed by atoms with Crippen LogP contribution >= 0.6 is 7.55 Å². The third-order valence-electron chi connectivity index (χ3n) is 2.97. The summed E-state index contributed by atoms with van der Waals surface area (Å²) in [7, 11) is -0.0322. The molecular formula is C17H15O3P. The van der Waals surface area contributed by atoms with Gasteiger partial charge in [-0.3, -0.25) is 0 Å². The van der Waals surface area contributed by atoms with Crippen LogP contribution in [0.2, 0.25) is 0 Å². The second-order valence-electron chi connectivity index (χ2n) is 4.30. The lowest BCUT2D eigenvalue weighted by Crippen LogP contribution is -2.15. The zero-order chi connectivity index (χ0) is 15.2. The number of methoxy groups -OCH3 is 1. The molecule has 0 heterocycles. The Kier molecular flexibility index (Phi) is 4.91. The van der Waals surface area contributed by atoms with E-state index in [1.54, 1.807) is 24.3 Å². The number of rotatable bonds is 4. The molecule has 0 spiro atoms. The Morgan fingerprint density at radius 2 is 1.57 bits per heavy atom. The van der Waals surface area contributed by atoms with Gasteiger partial charge in [0.15, 0.2) is 12.8 Å². The Morgan fingerprint density at radius 3 is 2.10 bits per heavy atom. The molecule has 0 radical (unpaired) electrons. The van der Waals surface area contributed by atoms with Gasteiger partial charge in [0.2, 0.25) is 5.31 Å². The number of ether oxygens (including phenoxy) is 1. The van der Waals surface area contributed by atoms with E-state index < -0.39 is 13.5 Å². The normalized spacial score (nSPS) is 12.3. The van der Waals surface area contributed by atoms with Gasteiger partial charge in [0.25, 0.3) is 0 Å². The average Bonchev–Trinajstić information content (AvgIpc) is 2.56. The molecule has 0 bridgehead atoms. The molecule has 2 aromatic rings. The van der Waals surface area contributed by atoms with Crippen molar-refractivity contribution >= 4 is 30.9 Å². The van der Waals surface area contributed by atoms with Crippen molar-refractivity contribution in [1.82, 2.24) is 0 Å². The van der Waals surface area contributed by atoms with Gasteiger partial charge >= 0.3 is 5.97 Å². The summed E-state index contributed by atoms with van der Waals surface area (Å²) in [5.41, 5.74) is 0.463. The summed E-state index contributed by atoms with van der Waals surface area (Å²) in [6.07, 6.45) is 4.03. The monoisotopic (exact) mass is 298 g/mol. The van der Waals surface area contributed by atoms with E-state index >= 15 is 0 Å². The number of hydrogen-bond donors (Lipinski definition) is 0. The van der Waals surface area contributed by atoms with E-state index in [2.05, 4.69) is 6.30 Å². The molecule has 0 fully saturated rings. The van der Waals surface area contributed by atoms with Crippen LogP contribution in [-0.4, -0.2) is 19.4 Å². The number of benzene rings is 2. The van der Waals surface area contributed by atoms with Gasteiger partial charge in [-0.25, -0.2) is 4.79 Å². The van der Waals surface area contributed by atoms with Gasteiger partial charge in [0.1, 0.15) is 0 Å². The van der Waals surface area contributed by atoms with Crippen molar-refractivity contribution in [2.75, 3.05) is 7.11 Å². The van der Waals surface area contributed by atoms with Crippen molar-refractivity contribution in [3.8, 4) is 0 Å². The first kappa shape index (κ1) is 15.0. The van der Waals surface area contributed by atoms with Gasteiger partial charge in [-0.15, -0.1) is 0 Å². The number of carbonyl (C=O) groups excluding carboxylic acids is 1. The highest BCUT2D eigenvalue weighted by molar-refractivity contribution is 7.69. The Hall–Kier alpha value is -2.38. The molecule has 0 N–H and O–H groups in total. The molecule has 0 saturated heterocycles. The second kappa shape index (κ2) is 6.87. The summed E-state index contributed by atoms with van der Waals surface area (Å²) in [6, 6.07) is 18.0. The minimum absolute atomic E-state index is 0.102. The summed E-state index contributed by atoms with van der Waals surface area (Å²) >= 11 is 0. The van der Waals surface area contributed by atoms with Gasteiger partial charge in [0, 0.05) is 0 Å². The molecular weight excluding hydrogens is 283 g/mol. The van der Waals surface area contributed by atoms with Crippen LogP contribution in [0, 0.1) is 0 Å². The van der Waals surface area contributed by atoms with Crippen LogP contribution in [-0.2, 0) is 9.53 Å². The van der Waals surface area contributed by atoms with Crippen molar-refractivity contribution in [3.63, 3.8) is 0 Å². The van der Waals surface area contributed by atoms with E-state index in [1.165, 1.54) is 7.11 Å². The Morgan fingerprint density at radius 1 is 1.05 bits per heavy atom. The molecule has 0 aliphatic heterocycles.